The SMILES string of the molecule is CC(SS)C(=O)ON1C(=O)CC(S(=O)(=O)O)C1=O. The van der Waals surface area contributed by atoms with Crippen molar-refractivity contribution < 1.29 is 32.2 Å². The van der Waals surface area contributed by atoms with Crippen LogP contribution in [0.1, 0.15) is 13.3 Å². The van der Waals surface area contributed by atoms with Gasteiger partial charge >= 0.3 is 5.97 Å². The molecule has 0 radical (unpaired) electrons. The molecule has 1 heterocycles. The molecular formula is C7H9NO7S3. The molecular weight excluding hydrogens is 306 g/mol. The largest absolute Gasteiger partial charge is 0.346 e. The number of hydrogen-bond acceptors (Lipinski definition) is 8. The van der Waals surface area contributed by atoms with Crippen LogP contribution in [0.2, 0.25) is 0 Å². The summed E-state index contributed by atoms with van der Waals surface area (Å²) in [5.74, 6) is -3.22. The number of imide groups is 1. The van der Waals surface area contributed by atoms with E-state index in [1.54, 1.807) is 0 Å². The monoisotopic (exact) mass is 315 g/mol. The van der Waals surface area contributed by atoms with Crippen molar-refractivity contribution in [3.05, 3.63) is 0 Å². The van der Waals surface area contributed by atoms with Gasteiger partial charge in [-0.3, -0.25) is 14.1 Å². The Kier molecular flexibility index (Phi) is 4.64. The maximum Gasteiger partial charge on any atom is 0.346 e. The zero-order chi connectivity index (χ0) is 14.1. The molecule has 102 valence electrons. The first-order valence-corrected chi connectivity index (χ1v) is 7.97. The number of carbonyl (C=O) groups is 3. The Labute approximate surface area is 112 Å². The third-order valence-electron chi connectivity index (χ3n) is 2.09. The fourth-order valence-electron chi connectivity index (χ4n) is 1.12. The topological polar surface area (TPSA) is 118 Å². The summed E-state index contributed by atoms with van der Waals surface area (Å²) >= 11 is 3.75. The van der Waals surface area contributed by atoms with Crippen LogP contribution < -0.4 is 0 Å². The first-order valence-electron chi connectivity index (χ1n) is 4.53. The van der Waals surface area contributed by atoms with E-state index in [-0.39, 0.29) is 5.06 Å². The van der Waals surface area contributed by atoms with Crippen LogP contribution in [0, 0.1) is 0 Å². The molecule has 0 aromatic rings. The van der Waals surface area contributed by atoms with Crippen molar-refractivity contribution in [3.63, 3.8) is 0 Å². The molecule has 0 saturated carbocycles. The van der Waals surface area contributed by atoms with Crippen LogP contribution in [0.15, 0.2) is 0 Å². The van der Waals surface area contributed by atoms with Gasteiger partial charge in [0.05, 0.1) is 6.42 Å². The normalized spacial score (nSPS) is 22.2. The van der Waals surface area contributed by atoms with Gasteiger partial charge in [0, 0.05) is 0 Å². The highest BCUT2D eigenvalue weighted by Crippen LogP contribution is 2.22. The first-order chi connectivity index (χ1) is 8.18. The Balaban J connectivity index is 2.84. The van der Waals surface area contributed by atoms with Crippen molar-refractivity contribution in [1.82, 2.24) is 5.06 Å². The van der Waals surface area contributed by atoms with Crippen molar-refractivity contribution >= 4 is 50.4 Å². The van der Waals surface area contributed by atoms with Crippen molar-refractivity contribution in [2.24, 2.45) is 0 Å². The van der Waals surface area contributed by atoms with Crippen LogP contribution in [0.3, 0.4) is 0 Å². The van der Waals surface area contributed by atoms with E-state index in [1.807, 2.05) is 0 Å². The van der Waals surface area contributed by atoms with E-state index in [4.69, 9.17) is 4.55 Å². The molecule has 2 unspecified atom stereocenters. The number of rotatable bonds is 4. The quantitative estimate of drug-likeness (QED) is 0.306. The molecule has 18 heavy (non-hydrogen) atoms. The molecule has 1 N–H and O–H groups in total. The van der Waals surface area contributed by atoms with Crippen LogP contribution in [0.4, 0.5) is 0 Å². The highest BCUT2D eigenvalue weighted by Gasteiger charge is 2.48. The molecule has 0 aromatic carbocycles. The Morgan fingerprint density at radius 1 is 1.61 bits per heavy atom. The lowest BCUT2D eigenvalue weighted by atomic mass is 10.4. The van der Waals surface area contributed by atoms with E-state index in [9.17, 15) is 22.8 Å². The highest BCUT2D eigenvalue weighted by molar-refractivity contribution is 8.69. The molecule has 1 aliphatic heterocycles. The average Bonchev–Trinajstić information content (AvgIpc) is 2.55. The molecule has 0 aromatic heterocycles. The summed E-state index contributed by atoms with van der Waals surface area (Å²) in [5.41, 5.74) is 0. The second kappa shape index (κ2) is 5.47. The predicted molar refractivity (Wildman–Crippen MR) is 63.9 cm³/mol. The number of carbonyl (C=O) groups excluding carboxylic acids is 3. The smallest absolute Gasteiger partial charge is 0.329 e. The van der Waals surface area contributed by atoms with Gasteiger partial charge in [-0.15, -0.1) is 16.7 Å². The number of hydrogen-bond donors (Lipinski definition) is 2. The molecule has 1 fully saturated rings. The molecule has 2 atom stereocenters. The maximum absolute atomic E-state index is 11.5. The van der Waals surface area contributed by atoms with E-state index in [0.717, 1.165) is 10.8 Å². The molecule has 1 rings (SSSR count). The third kappa shape index (κ3) is 3.16. The Morgan fingerprint density at radius 2 is 2.17 bits per heavy atom. The van der Waals surface area contributed by atoms with Gasteiger partial charge < -0.3 is 4.84 Å². The van der Waals surface area contributed by atoms with Crippen LogP contribution in [0.5, 0.6) is 0 Å². The zero-order valence-corrected chi connectivity index (χ0v) is 11.5. The summed E-state index contributed by atoms with van der Waals surface area (Å²) < 4.78 is 30.3. The van der Waals surface area contributed by atoms with Crippen molar-refractivity contribution in [2.45, 2.75) is 23.8 Å². The number of amides is 2. The maximum atomic E-state index is 11.5. The molecule has 2 amide bonds. The van der Waals surface area contributed by atoms with Crippen LogP contribution >= 0.6 is 22.5 Å². The Hall–Kier alpha value is -0.780. The zero-order valence-electron chi connectivity index (χ0n) is 8.97. The number of hydroxylamine groups is 2. The van der Waals surface area contributed by atoms with Crippen LogP contribution in [-0.2, 0) is 29.3 Å². The van der Waals surface area contributed by atoms with Gasteiger partial charge in [0.15, 0.2) is 5.25 Å². The molecule has 0 aliphatic carbocycles. The van der Waals surface area contributed by atoms with Gasteiger partial charge in [0.2, 0.25) is 0 Å². The summed E-state index contributed by atoms with van der Waals surface area (Å²) in [6, 6.07) is 0. The lowest BCUT2D eigenvalue weighted by Crippen LogP contribution is -2.38. The standard InChI is InChI=1S/C7H9NO7S3/c1-3(17-16)7(11)15-8-5(9)2-4(6(8)10)18(12,13)14/h3-4,16H,2H2,1H3,(H,12,13,14). The summed E-state index contributed by atoms with van der Waals surface area (Å²) in [7, 11) is -3.87. The highest BCUT2D eigenvalue weighted by atomic mass is 33.1. The molecule has 1 aliphatic rings. The number of nitrogens with zero attached hydrogens (tertiary/aromatic N) is 1. The van der Waals surface area contributed by atoms with Gasteiger partial charge in [0.1, 0.15) is 5.25 Å². The minimum atomic E-state index is -4.70. The van der Waals surface area contributed by atoms with Gasteiger partial charge in [-0.2, -0.15) is 8.42 Å². The molecule has 0 spiro atoms. The summed E-state index contributed by atoms with van der Waals surface area (Å²) in [4.78, 5) is 38.6. The summed E-state index contributed by atoms with van der Waals surface area (Å²) in [6.07, 6.45) is -0.757. The van der Waals surface area contributed by atoms with Crippen molar-refractivity contribution in [3.8, 4) is 0 Å². The van der Waals surface area contributed by atoms with E-state index in [0.29, 0.717) is 0 Å². The molecule has 11 heteroatoms. The first kappa shape index (κ1) is 15.3. The van der Waals surface area contributed by atoms with Gasteiger partial charge in [-0.25, -0.2) is 4.79 Å². The van der Waals surface area contributed by atoms with E-state index in [2.05, 4.69) is 16.5 Å². The summed E-state index contributed by atoms with van der Waals surface area (Å²) in [5, 5.41) is -2.61. The van der Waals surface area contributed by atoms with Gasteiger partial charge in [-0.05, 0) is 6.92 Å². The van der Waals surface area contributed by atoms with Gasteiger partial charge in [0.25, 0.3) is 21.9 Å². The second-order valence-electron chi connectivity index (χ2n) is 3.39. The van der Waals surface area contributed by atoms with Gasteiger partial charge in [-0.1, -0.05) is 10.8 Å². The summed E-state index contributed by atoms with van der Waals surface area (Å²) in [6.45, 7) is 1.42. The van der Waals surface area contributed by atoms with Crippen LogP contribution in [-0.4, -0.2) is 46.3 Å². The fraction of sp³-hybridized carbons (Fsp3) is 0.571. The third-order valence-corrected chi connectivity index (χ3v) is 4.64. The Morgan fingerprint density at radius 3 is 2.56 bits per heavy atom. The lowest BCUT2D eigenvalue weighted by Gasteiger charge is -2.15. The molecule has 0 bridgehead atoms. The minimum absolute atomic E-state index is 0.0568. The van der Waals surface area contributed by atoms with Crippen molar-refractivity contribution in [2.75, 3.05) is 0 Å². The fourth-order valence-corrected chi connectivity index (χ4v) is 2.21. The minimum Gasteiger partial charge on any atom is -0.329 e. The lowest BCUT2D eigenvalue weighted by molar-refractivity contribution is -0.196. The van der Waals surface area contributed by atoms with Crippen molar-refractivity contribution in [1.29, 1.82) is 0 Å². The number of thiol groups is 1. The Bertz CT molecular complexity index is 487. The van der Waals surface area contributed by atoms with E-state index >= 15 is 0 Å². The second-order valence-corrected chi connectivity index (χ2v) is 6.54. The molecule has 8 nitrogen and oxygen atoms in total. The van der Waals surface area contributed by atoms with Crippen LogP contribution in [0.25, 0.3) is 0 Å². The predicted octanol–water partition coefficient (Wildman–Crippen LogP) is -0.574. The molecule has 1 saturated heterocycles. The average molecular weight is 315 g/mol. The van der Waals surface area contributed by atoms with E-state index in [1.165, 1.54) is 6.92 Å². The van der Waals surface area contributed by atoms with E-state index < -0.39 is 44.8 Å².